The van der Waals surface area contributed by atoms with Crippen LogP contribution in [0.5, 0.6) is 23.0 Å². The normalized spacial score (nSPS) is 12.6. The minimum atomic E-state index is -1.15. The third-order valence-electron chi connectivity index (χ3n) is 10.9. The van der Waals surface area contributed by atoms with Crippen LogP contribution in [0.25, 0.3) is 0 Å². The quantitative estimate of drug-likeness (QED) is 0.0233. The molecular formula is C56H64O16. The molecule has 384 valence electrons. The summed E-state index contributed by atoms with van der Waals surface area (Å²) in [4.78, 5) is 71.0. The van der Waals surface area contributed by atoms with Crippen LogP contribution in [-0.4, -0.2) is 119 Å². The smallest absolute Gasteiger partial charge is 0.331 e. The summed E-state index contributed by atoms with van der Waals surface area (Å²) >= 11 is 0. The van der Waals surface area contributed by atoms with E-state index in [1.807, 2.05) is 86.6 Å². The molecule has 16 nitrogen and oxygen atoms in total. The summed E-state index contributed by atoms with van der Waals surface area (Å²) in [6, 6.07) is 30.3. The van der Waals surface area contributed by atoms with Crippen LogP contribution in [0.1, 0.15) is 63.8 Å². The molecule has 0 fully saturated rings. The lowest BCUT2D eigenvalue weighted by atomic mass is 9.78. The van der Waals surface area contributed by atoms with E-state index in [1.165, 1.54) is 13.8 Å². The number of ketones is 3. The average Bonchev–Trinajstić information content (AvgIpc) is 3.36. The number of hydrogen-bond donors (Lipinski definition) is 1. The molecule has 0 radical (unpaired) electrons. The summed E-state index contributed by atoms with van der Waals surface area (Å²) < 4.78 is 49.0. The molecule has 16 heteroatoms. The van der Waals surface area contributed by atoms with Crippen molar-refractivity contribution in [2.24, 2.45) is 0 Å². The second kappa shape index (κ2) is 29.1. The van der Waals surface area contributed by atoms with Gasteiger partial charge in [-0.1, -0.05) is 76.2 Å². The highest BCUT2D eigenvalue weighted by atomic mass is 16.6. The first-order chi connectivity index (χ1) is 34.3. The molecule has 0 aliphatic rings. The highest BCUT2D eigenvalue weighted by Gasteiger charge is 2.25. The first-order valence-corrected chi connectivity index (χ1v) is 23.2. The van der Waals surface area contributed by atoms with E-state index < -0.39 is 41.3 Å². The fraction of sp³-hybridized carbons (Fsp3) is 0.357. The Bertz CT molecular complexity index is 2470. The summed E-state index contributed by atoms with van der Waals surface area (Å²) in [5, 5.41) is 10.4. The van der Waals surface area contributed by atoms with E-state index in [1.54, 1.807) is 31.4 Å². The average molecular weight is 993 g/mol. The summed E-state index contributed by atoms with van der Waals surface area (Å²) in [6.07, 6.45) is 4.07. The van der Waals surface area contributed by atoms with Crippen molar-refractivity contribution in [3.05, 3.63) is 156 Å². The summed E-state index contributed by atoms with van der Waals surface area (Å²) in [5.41, 5.74) is 3.39. The van der Waals surface area contributed by atoms with Crippen molar-refractivity contribution < 1.29 is 76.5 Å². The number of carbonyl (C=O) groups is 6. The van der Waals surface area contributed by atoms with Gasteiger partial charge in [0.1, 0.15) is 75.4 Å². The number of methoxy groups -OCH3 is 1. The topological polar surface area (TPSA) is 206 Å². The Morgan fingerprint density at radius 1 is 0.472 bits per heavy atom. The van der Waals surface area contributed by atoms with Gasteiger partial charge in [-0.2, -0.15) is 0 Å². The molecule has 0 amide bonds. The van der Waals surface area contributed by atoms with Crippen LogP contribution in [0.2, 0.25) is 0 Å². The Balaban J connectivity index is 1.15. The number of benzene rings is 4. The molecule has 2 atom stereocenters. The number of ether oxygens (including phenoxy) is 9. The lowest BCUT2D eigenvalue weighted by Crippen LogP contribution is -2.30. The van der Waals surface area contributed by atoms with E-state index in [-0.39, 0.29) is 63.2 Å². The number of aliphatic hydroxyl groups is 1. The Morgan fingerprint density at radius 2 is 0.875 bits per heavy atom. The van der Waals surface area contributed by atoms with Crippen molar-refractivity contribution in [1.82, 2.24) is 0 Å². The third kappa shape index (κ3) is 20.1. The van der Waals surface area contributed by atoms with Crippen LogP contribution in [0.15, 0.2) is 134 Å². The Hall–Kier alpha value is -7.40. The Kier molecular flexibility index (Phi) is 23.1. The summed E-state index contributed by atoms with van der Waals surface area (Å²) in [6.45, 7) is 10.8. The number of hydrogen-bond acceptors (Lipinski definition) is 16. The second-order valence-electron chi connectivity index (χ2n) is 17.4. The maximum atomic E-state index is 12.3. The molecule has 0 aliphatic carbocycles. The number of esters is 3. The zero-order valence-electron chi connectivity index (χ0n) is 41.8. The van der Waals surface area contributed by atoms with Crippen molar-refractivity contribution in [3.8, 4) is 23.0 Å². The highest BCUT2D eigenvalue weighted by Crippen LogP contribution is 2.35. The van der Waals surface area contributed by atoms with E-state index in [0.717, 1.165) is 64.5 Å². The molecule has 0 spiro atoms. The lowest BCUT2D eigenvalue weighted by Gasteiger charge is -2.26. The molecule has 72 heavy (non-hydrogen) atoms. The van der Waals surface area contributed by atoms with Gasteiger partial charge in [0.25, 0.3) is 0 Å². The van der Waals surface area contributed by atoms with Crippen molar-refractivity contribution in [2.75, 3.05) is 66.6 Å². The summed E-state index contributed by atoms with van der Waals surface area (Å²) in [5.74, 6) is -1.12. The Morgan fingerprint density at radius 3 is 1.33 bits per heavy atom. The SMILES string of the molecule is COCCOc1ccc(C(C)(C)c2ccc(OCCOC(=O)/C=C/C(=O)OCC(O)COc3ccc(C(C)(C)c4ccc(OCC(COCC(=O)/C=C/C(C)=O)OC(=O)/C=C/C(C)=O)cc4)cc3)cc2)cc1. The first-order valence-electron chi connectivity index (χ1n) is 23.2. The van der Waals surface area contributed by atoms with Gasteiger partial charge in [-0.05, 0) is 103 Å². The number of carbonyl (C=O) groups excluding carboxylic acids is 6. The maximum Gasteiger partial charge on any atom is 0.331 e. The molecular weight excluding hydrogens is 929 g/mol. The predicted octanol–water partition coefficient (Wildman–Crippen LogP) is 6.99. The van der Waals surface area contributed by atoms with E-state index in [9.17, 15) is 33.9 Å². The second-order valence-corrected chi connectivity index (χ2v) is 17.4. The highest BCUT2D eigenvalue weighted by molar-refractivity contribution is 5.98. The van der Waals surface area contributed by atoms with Crippen LogP contribution in [0, 0.1) is 0 Å². The fourth-order valence-corrected chi connectivity index (χ4v) is 6.64. The van der Waals surface area contributed by atoms with Gasteiger partial charge in [-0.25, -0.2) is 14.4 Å². The molecule has 0 aliphatic heterocycles. The molecule has 0 saturated heterocycles. The number of aliphatic hydroxyl groups excluding tert-OH is 1. The van der Waals surface area contributed by atoms with E-state index >= 15 is 0 Å². The van der Waals surface area contributed by atoms with Crippen LogP contribution >= 0.6 is 0 Å². The van der Waals surface area contributed by atoms with Gasteiger partial charge < -0.3 is 47.7 Å². The maximum absolute atomic E-state index is 12.3. The number of allylic oxidation sites excluding steroid dienone is 2. The zero-order chi connectivity index (χ0) is 52.5. The third-order valence-corrected chi connectivity index (χ3v) is 10.9. The van der Waals surface area contributed by atoms with Crippen molar-refractivity contribution in [3.63, 3.8) is 0 Å². The standard InChI is InChI=1S/C56H64O16/c1-39(57)8-18-45(59)34-65-37-51(72-54(63)27-9-40(2)58)38-70-50-25-16-44(17-26-50)56(5,6)43-14-23-49(24-15-43)69-35-46(60)36-71-53(62)29-28-52(61)68-33-32-67-48-21-12-42(13-22-48)55(3,4)41-10-19-47(20-11-41)66-31-30-64-7/h8-29,46,51,60H,30-38H2,1-7H3/b18-8+,27-9+,29-28+. The van der Waals surface area contributed by atoms with Gasteiger partial charge in [-0.3, -0.25) is 14.4 Å². The van der Waals surface area contributed by atoms with Crippen molar-refractivity contribution >= 4 is 35.3 Å². The molecule has 4 aromatic carbocycles. The fourth-order valence-electron chi connectivity index (χ4n) is 6.64. The number of rotatable bonds is 31. The minimum absolute atomic E-state index is 0.0510. The Labute approximate surface area is 420 Å². The largest absolute Gasteiger partial charge is 0.491 e. The van der Waals surface area contributed by atoms with Crippen LogP contribution < -0.4 is 18.9 Å². The van der Waals surface area contributed by atoms with Crippen LogP contribution in [0.4, 0.5) is 0 Å². The molecule has 0 heterocycles. The van der Waals surface area contributed by atoms with Gasteiger partial charge in [0.15, 0.2) is 23.5 Å². The van der Waals surface area contributed by atoms with Crippen molar-refractivity contribution in [1.29, 1.82) is 0 Å². The van der Waals surface area contributed by atoms with E-state index in [4.69, 9.17) is 42.6 Å². The van der Waals surface area contributed by atoms with Gasteiger partial charge in [0.05, 0.1) is 13.2 Å². The van der Waals surface area contributed by atoms with Crippen LogP contribution in [0.3, 0.4) is 0 Å². The lowest BCUT2D eigenvalue weighted by molar-refractivity contribution is -0.148. The van der Waals surface area contributed by atoms with Gasteiger partial charge >= 0.3 is 17.9 Å². The molecule has 0 aromatic heterocycles. The molecule has 0 bridgehead atoms. The first kappa shape index (κ1) is 57.2. The minimum Gasteiger partial charge on any atom is -0.491 e. The monoisotopic (exact) mass is 992 g/mol. The van der Waals surface area contributed by atoms with Crippen LogP contribution in [-0.2, 0) is 63.3 Å². The van der Waals surface area contributed by atoms with Gasteiger partial charge in [0.2, 0.25) is 0 Å². The summed E-state index contributed by atoms with van der Waals surface area (Å²) in [7, 11) is 1.63. The van der Waals surface area contributed by atoms with Gasteiger partial charge in [0, 0.05) is 36.2 Å². The molecule has 4 rings (SSSR count). The molecule has 0 saturated carbocycles. The van der Waals surface area contributed by atoms with Gasteiger partial charge in [-0.15, -0.1) is 0 Å². The molecule has 1 N–H and O–H groups in total. The zero-order valence-corrected chi connectivity index (χ0v) is 41.8. The molecule has 2 unspecified atom stereocenters. The molecule has 4 aromatic rings. The predicted molar refractivity (Wildman–Crippen MR) is 266 cm³/mol. The van der Waals surface area contributed by atoms with E-state index in [2.05, 4.69) is 13.8 Å². The van der Waals surface area contributed by atoms with E-state index in [0.29, 0.717) is 30.5 Å². The van der Waals surface area contributed by atoms with Crippen molar-refractivity contribution in [2.45, 2.75) is 64.6 Å².